The van der Waals surface area contributed by atoms with Gasteiger partial charge in [0.05, 0.1) is 13.2 Å². The van der Waals surface area contributed by atoms with Crippen molar-refractivity contribution in [2.24, 2.45) is 0 Å². The Hall–Kier alpha value is -2.75. The fourth-order valence-electron chi connectivity index (χ4n) is 4.25. The zero-order chi connectivity index (χ0) is 19.1. The molecular formula is C23H26N2O2. The molecule has 1 amide bonds. The molecule has 0 spiro atoms. The van der Waals surface area contributed by atoms with Crippen molar-refractivity contribution in [2.75, 3.05) is 18.1 Å². The van der Waals surface area contributed by atoms with E-state index in [1.807, 2.05) is 30.3 Å². The van der Waals surface area contributed by atoms with E-state index in [2.05, 4.69) is 61.3 Å². The van der Waals surface area contributed by atoms with Gasteiger partial charge in [0.2, 0.25) is 5.91 Å². The van der Waals surface area contributed by atoms with Crippen LogP contribution in [0.4, 0.5) is 5.69 Å². The zero-order valence-corrected chi connectivity index (χ0v) is 16.2. The van der Waals surface area contributed by atoms with E-state index >= 15 is 0 Å². The first-order valence-electron chi connectivity index (χ1n) is 9.58. The Bertz CT molecular complexity index is 886. The van der Waals surface area contributed by atoms with Crippen LogP contribution in [0.15, 0.2) is 54.6 Å². The van der Waals surface area contributed by atoms with Gasteiger partial charge in [-0.25, -0.2) is 0 Å². The molecule has 1 saturated heterocycles. The topological polar surface area (TPSA) is 41.6 Å². The Balaban J connectivity index is 1.67. The number of amides is 1. The molecule has 4 rings (SSSR count). The fourth-order valence-corrected chi connectivity index (χ4v) is 4.25. The van der Waals surface area contributed by atoms with Crippen molar-refractivity contribution in [1.82, 2.24) is 5.32 Å². The first-order valence-corrected chi connectivity index (χ1v) is 9.58. The Labute approximate surface area is 160 Å². The van der Waals surface area contributed by atoms with Gasteiger partial charge in [0.25, 0.3) is 0 Å². The quantitative estimate of drug-likeness (QED) is 0.870. The third-order valence-corrected chi connectivity index (χ3v) is 5.75. The van der Waals surface area contributed by atoms with Gasteiger partial charge in [-0.2, -0.15) is 0 Å². The summed E-state index contributed by atoms with van der Waals surface area (Å²) in [5.74, 6) is 0.946. The molecule has 2 aromatic carbocycles. The summed E-state index contributed by atoms with van der Waals surface area (Å²) < 4.78 is 5.66. The van der Waals surface area contributed by atoms with E-state index in [4.69, 9.17) is 4.74 Å². The number of para-hydroxylation sites is 1. The third-order valence-electron chi connectivity index (χ3n) is 5.75. The summed E-state index contributed by atoms with van der Waals surface area (Å²) in [7, 11) is 0. The molecule has 1 fully saturated rings. The molecule has 0 bridgehead atoms. The van der Waals surface area contributed by atoms with E-state index in [9.17, 15) is 4.79 Å². The summed E-state index contributed by atoms with van der Waals surface area (Å²) >= 11 is 0. The van der Waals surface area contributed by atoms with E-state index in [-0.39, 0.29) is 11.3 Å². The van der Waals surface area contributed by atoms with E-state index in [1.54, 1.807) is 0 Å². The van der Waals surface area contributed by atoms with Crippen molar-refractivity contribution >= 4 is 17.7 Å². The minimum Gasteiger partial charge on any atom is -0.494 e. The van der Waals surface area contributed by atoms with Gasteiger partial charge in [0.15, 0.2) is 0 Å². The highest BCUT2D eigenvalue weighted by Gasteiger charge is 2.59. The Morgan fingerprint density at radius 3 is 2.63 bits per heavy atom. The molecule has 0 radical (unpaired) electrons. The fraction of sp³-hybridized carbons (Fsp3) is 0.348. The van der Waals surface area contributed by atoms with Gasteiger partial charge >= 0.3 is 0 Å². The second kappa shape index (κ2) is 6.45. The van der Waals surface area contributed by atoms with Crippen LogP contribution >= 0.6 is 0 Å². The van der Waals surface area contributed by atoms with Crippen LogP contribution in [-0.4, -0.2) is 24.7 Å². The minimum atomic E-state index is -0.550. The number of hydrogen-bond acceptors (Lipinski definition) is 3. The Morgan fingerprint density at radius 2 is 1.89 bits per heavy atom. The number of hydrogen-bond donors (Lipinski definition) is 1. The standard InChI is InChI=1S/C23H26N2O2/c1-4-15-27-18-11-9-17(10-12-18)13-14-23-22(2,3)19-7-5-6-8-20(19)25(23)16-21(26)24-23/h5-14H,4,15-16H2,1-3H3,(H,24,26)/b14-13+/t23-/m0/s1. The maximum absolute atomic E-state index is 12.3. The van der Waals surface area contributed by atoms with Crippen LogP contribution < -0.4 is 15.0 Å². The zero-order valence-electron chi connectivity index (χ0n) is 16.2. The van der Waals surface area contributed by atoms with Gasteiger partial charge in [-0.15, -0.1) is 0 Å². The maximum atomic E-state index is 12.3. The van der Waals surface area contributed by atoms with Crippen molar-refractivity contribution < 1.29 is 9.53 Å². The molecule has 27 heavy (non-hydrogen) atoms. The number of nitrogens with one attached hydrogen (secondary N) is 1. The number of carbonyl (C=O) groups excluding carboxylic acids is 1. The molecular weight excluding hydrogens is 336 g/mol. The Kier molecular flexibility index (Phi) is 4.22. The van der Waals surface area contributed by atoms with Gasteiger partial charge < -0.3 is 15.0 Å². The lowest BCUT2D eigenvalue weighted by Gasteiger charge is -2.40. The molecule has 2 aromatic rings. The van der Waals surface area contributed by atoms with Crippen LogP contribution in [0.25, 0.3) is 6.08 Å². The molecule has 0 unspecified atom stereocenters. The van der Waals surface area contributed by atoms with Crippen molar-refractivity contribution in [3.63, 3.8) is 0 Å². The molecule has 0 aliphatic carbocycles. The van der Waals surface area contributed by atoms with Gasteiger partial charge in [-0.3, -0.25) is 4.79 Å². The Morgan fingerprint density at radius 1 is 1.15 bits per heavy atom. The number of benzene rings is 2. The number of ether oxygens (including phenoxy) is 1. The molecule has 2 heterocycles. The van der Waals surface area contributed by atoms with E-state index in [0.717, 1.165) is 30.0 Å². The molecule has 0 aromatic heterocycles. The highest BCUT2D eigenvalue weighted by atomic mass is 16.5. The predicted molar refractivity (Wildman–Crippen MR) is 109 cm³/mol. The lowest BCUT2D eigenvalue weighted by molar-refractivity contribution is -0.118. The average molecular weight is 362 g/mol. The molecule has 1 atom stereocenters. The number of carbonyl (C=O) groups is 1. The van der Waals surface area contributed by atoms with Crippen molar-refractivity contribution in [3.8, 4) is 5.75 Å². The minimum absolute atomic E-state index is 0.0607. The largest absolute Gasteiger partial charge is 0.494 e. The first kappa shape index (κ1) is 17.7. The summed E-state index contributed by atoms with van der Waals surface area (Å²) in [6.07, 6.45) is 5.23. The lowest BCUT2D eigenvalue weighted by Crippen LogP contribution is -2.58. The monoisotopic (exact) mass is 362 g/mol. The number of nitrogens with zero attached hydrogens (tertiary/aromatic N) is 1. The highest BCUT2D eigenvalue weighted by molar-refractivity contribution is 5.91. The van der Waals surface area contributed by atoms with Gasteiger partial charge in [0.1, 0.15) is 11.4 Å². The summed E-state index contributed by atoms with van der Waals surface area (Å²) in [5.41, 5.74) is 2.69. The van der Waals surface area contributed by atoms with E-state index < -0.39 is 5.66 Å². The molecule has 4 nitrogen and oxygen atoms in total. The van der Waals surface area contributed by atoms with Crippen LogP contribution in [-0.2, 0) is 10.2 Å². The maximum Gasteiger partial charge on any atom is 0.241 e. The van der Waals surface area contributed by atoms with Crippen LogP contribution in [0.5, 0.6) is 5.75 Å². The number of fused-ring (bicyclic) bond motifs is 3. The number of rotatable bonds is 5. The van der Waals surface area contributed by atoms with E-state index in [0.29, 0.717) is 6.54 Å². The summed E-state index contributed by atoms with van der Waals surface area (Å²) in [6, 6.07) is 16.5. The molecule has 0 saturated carbocycles. The smallest absolute Gasteiger partial charge is 0.241 e. The van der Waals surface area contributed by atoms with Crippen molar-refractivity contribution in [1.29, 1.82) is 0 Å². The van der Waals surface area contributed by atoms with E-state index in [1.165, 1.54) is 5.56 Å². The van der Waals surface area contributed by atoms with Crippen molar-refractivity contribution in [2.45, 2.75) is 38.3 Å². The first-order chi connectivity index (χ1) is 13.0. The molecule has 4 heteroatoms. The van der Waals surface area contributed by atoms with Crippen LogP contribution in [0.3, 0.4) is 0 Å². The van der Waals surface area contributed by atoms with Gasteiger partial charge in [-0.05, 0) is 41.8 Å². The molecule has 2 aliphatic heterocycles. The molecule has 1 N–H and O–H groups in total. The molecule has 140 valence electrons. The predicted octanol–water partition coefficient (Wildman–Crippen LogP) is 4.11. The van der Waals surface area contributed by atoms with Gasteiger partial charge in [0, 0.05) is 11.1 Å². The average Bonchev–Trinajstić information content (AvgIpc) is 3.10. The summed E-state index contributed by atoms with van der Waals surface area (Å²) in [4.78, 5) is 14.5. The third kappa shape index (κ3) is 2.71. The second-order valence-corrected chi connectivity index (χ2v) is 7.79. The number of anilines is 1. The van der Waals surface area contributed by atoms with Crippen LogP contribution in [0, 0.1) is 0 Å². The van der Waals surface area contributed by atoms with Gasteiger partial charge in [-0.1, -0.05) is 57.2 Å². The van der Waals surface area contributed by atoms with Crippen LogP contribution in [0.1, 0.15) is 38.3 Å². The van der Waals surface area contributed by atoms with Crippen LogP contribution in [0.2, 0.25) is 0 Å². The summed E-state index contributed by atoms with van der Waals surface area (Å²) in [6.45, 7) is 7.60. The summed E-state index contributed by atoms with van der Waals surface area (Å²) in [5, 5.41) is 3.25. The lowest BCUT2D eigenvalue weighted by atomic mass is 9.75. The molecule has 2 aliphatic rings. The highest BCUT2D eigenvalue weighted by Crippen LogP contribution is 2.52. The normalized spacial score (nSPS) is 22.6. The second-order valence-electron chi connectivity index (χ2n) is 7.79. The van der Waals surface area contributed by atoms with Crippen molar-refractivity contribution in [3.05, 3.63) is 65.7 Å². The SMILES string of the molecule is CCCOc1ccc(/C=C/[C@]23NC(=O)CN2c2ccccc2C3(C)C)cc1.